The molecule has 1 aliphatic heterocycles. The minimum atomic E-state index is -0.842. The summed E-state index contributed by atoms with van der Waals surface area (Å²) in [6, 6.07) is 7.57. The topological polar surface area (TPSA) is 21.7 Å². The summed E-state index contributed by atoms with van der Waals surface area (Å²) in [6.45, 7) is 3.17. The summed E-state index contributed by atoms with van der Waals surface area (Å²) in [6.07, 6.45) is 0. The molecule has 2 aromatic carbocycles. The SMILES string of the molecule is CC(c1ccc(F)c(F)c1)N(C)Cc1cc(Cl)cc2c1OCOC2. The molecule has 128 valence electrons. The van der Waals surface area contributed by atoms with Crippen LogP contribution in [0.1, 0.15) is 29.7 Å². The Labute approximate surface area is 144 Å². The van der Waals surface area contributed by atoms with Crippen molar-refractivity contribution in [3.8, 4) is 5.75 Å². The van der Waals surface area contributed by atoms with Gasteiger partial charge in [-0.3, -0.25) is 4.90 Å². The van der Waals surface area contributed by atoms with Crippen LogP contribution in [0.3, 0.4) is 0 Å². The standard InChI is InChI=1S/C18H18ClF2NO2/c1-11(12-3-4-16(20)17(21)7-12)22(2)8-13-5-15(19)6-14-9-23-10-24-18(13)14/h3-7,11H,8-10H2,1-2H3. The molecule has 0 aliphatic carbocycles. The van der Waals surface area contributed by atoms with Gasteiger partial charge in [0.05, 0.1) is 6.61 Å². The third-order valence-electron chi connectivity index (χ3n) is 4.26. The average molecular weight is 354 g/mol. The zero-order valence-electron chi connectivity index (χ0n) is 13.5. The summed E-state index contributed by atoms with van der Waals surface area (Å²) in [5.41, 5.74) is 2.56. The number of fused-ring (bicyclic) bond motifs is 1. The third kappa shape index (κ3) is 3.53. The Bertz CT molecular complexity index is 754. The lowest BCUT2D eigenvalue weighted by molar-refractivity contribution is -0.0175. The second-order valence-electron chi connectivity index (χ2n) is 5.93. The monoisotopic (exact) mass is 353 g/mol. The average Bonchev–Trinajstić information content (AvgIpc) is 2.56. The summed E-state index contributed by atoms with van der Waals surface area (Å²) in [5, 5.41) is 0.617. The maximum absolute atomic E-state index is 13.5. The van der Waals surface area contributed by atoms with Gasteiger partial charge in [-0.2, -0.15) is 0 Å². The highest BCUT2D eigenvalue weighted by Crippen LogP contribution is 2.33. The fourth-order valence-corrected chi connectivity index (χ4v) is 3.07. The molecule has 6 heteroatoms. The molecule has 0 radical (unpaired) electrons. The van der Waals surface area contributed by atoms with Gasteiger partial charge in [-0.15, -0.1) is 0 Å². The lowest BCUT2D eigenvalue weighted by Gasteiger charge is -2.28. The van der Waals surface area contributed by atoms with Gasteiger partial charge < -0.3 is 9.47 Å². The number of rotatable bonds is 4. The zero-order chi connectivity index (χ0) is 17.3. The van der Waals surface area contributed by atoms with E-state index in [1.165, 1.54) is 6.07 Å². The maximum Gasteiger partial charge on any atom is 0.189 e. The van der Waals surface area contributed by atoms with Crippen molar-refractivity contribution < 1.29 is 18.3 Å². The number of hydrogen-bond donors (Lipinski definition) is 0. The van der Waals surface area contributed by atoms with Crippen LogP contribution in [-0.4, -0.2) is 18.7 Å². The van der Waals surface area contributed by atoms with Gasteiger partial charge in [-0.05, 0) is 43.8 Å². The second kappa shape index (κ2) is 7.05. The van der Waals surface area contributed by atoms with Gasteiger partial charge >= 0.3 is 0 Å². The van der Waals surface area contributed by atoms with Crippen LogP contribution >= 0.6 is 11.6 Å². The van der Waals surface area contributed by atoms with E-state index in [9.17, 15) is 8.78 Å². The molecule has 0 aromatic heterocycles. The van der Waals surface area contributed by atoms with Crippen LogP contribution in [0.4, 0.5) is 8.78 Å². The smallest absolute Gasteiger partial charge is 0.189 e. The predicted octanol–water partition coefficient (Wildman–Crippen LogP) is 4.68. The van der Waals surface area contributed by atoms with E-state index in [0.717, 1.165) is 22.9 Å². The minimum Gasteiger partial charge on any atom is -0.467 e. The highest BCUT2D eigenvalue weighted by Gasteiger charge is 2.20. The van der Waals surface area contributed by atoms with E-state index in [1.54, 1.807) is 6.07 Å². The van der Waals surface area contributed by atoms with E-state index < -0.39 is 11.6 Å². The Balaban J connectivity index is 1.82. The molecule has 0 saturated carbocycles. The van der Waals surface area contributed by atoms with Crippen molar-refractivity contribution >= 4 is 11.6 Å². The lowest BCUT2D eigenvalue weighted by atomic mass is 10.0. The van der Waals surface area contributed by atoms with Crippen LogP contribution < -0.4 is 4.74 Å². The number of benzene rings is 2. The van der Waals surface area contributed by atoms with Crippen molar-refractivity contribution in [3.05, 3.63) is 63.7 Å². The molecule has 0 saturated heterocycles. The summed E-state index contributed by atoms with van der Waals surface area (Å²) in [7, 11) is 1.92. The van der Waals surface area contributed by atoms with E-state index in [2.05, 4.69) is 0 Å². The first-order valence-corrected chi connectivity index (χ1v) is 8.00. The van der Waals surface area contributed by atoms with Crippen molar-refractivity contribution in [2.75, 3.05) is 13.8 Å². The van der Waals surface area contributed by atoms with Gasteiger partial charge in [0.15, 0.2) is 18.4 Å². The number of halogens is 3. The molecule has 0 amide bonds. The van der Waals surface area contributed by atoms with E-state index in [1.807, 2.05) is 31.0 Å². The van der Waals surface area contributed by atoms with Gasteiger partial charge in [0.25, 0.3) is 0 Å². The maximum atomic E-state index is 13.5. The van der Waals surface area contributed by atoms with Crippen LogP contribution in [0.2, 0.25) is 5.02 Å². The van der Waals surface area contributed by atoms with Crippen molar-refractivity contribution in [1.82, 2.24) is 4.90 Å². The molecule has 1 atom stereocenters. The van der Waals surface area contributed by atoms with Gasteiger partial charge in [0, 0.05) is 28.7 Å². The van der Waals surface area contributed by atoms with E-state index in [4.69, 9.17) is 21.1 Å². The van der Waals surface area contributed by atoms with Crippen molar-refractivity contribution in [2.24, 2.45) is 0 Å². The minimum absolute atomic E-state index is 0.102. The number of nitrogens with zero attached hydrogens (tertiary/aromatic N) is 1. The zero-order valence-corrected chi connectivity index (χ0v) is 14.2. The molecular formula is C18H18ClF2NO2. The fraction of sp³-hybridized carbons (Fsp3) is 0.333. The molecule has 0 N–H and O–H groups in total. The van der Waals surface area contributed by atoms with Crippen LogP contribution in [0.15, 0.2) is 30.3 Å². The molecule has 0 bridgehead atoms. The Morgan fingerprint density at radius 1 is 1.21 bits per heavy atom. The van der Waals surface area contributed by atoms with Crippen LogP contribution in [0, 0.1) is 11.6 Å². The third-order valence-corrected chi connectivity index (χ3v) is 4.48. The largest absolute Gasteiger partial charge is 0.467 e. The molecule has 3 nitrogen and oxygen atoms in total. The molecule has 2 aromatic rings. The molecule has 3 rings (SSSR count). The molecular weight excluding hydrogens is 336 g/mol. The highest BCUT2D eigenvalue weighted by molar-refractivity contribution is 6.30. The quantitative estimate of drug-likeness (QED) is 0.796. The molecule has 1 heterocycles. The molecule has 0 spiro atoms. The number of hydrogen-bond acceptors (Lipinski definition) is 3. The second-order valence-corrected chi connectivity index (χ2v) is 6.36. The fourth-order valence-electron chi connectivity index (χ4n) is 2.81. The Morgan fingerprint density at radius 3 is 2.75 bits per heavy atom. The van der Waals surface area contributed by atoms with Crippen molar-refractivity contribution in [1.29, 1.82) is 0 Å². The first-order chi connectivity index (χ1) is 11.5. The van der Waals surface area contributed by atoms with Crippen LogP contribution in [-0.2, 0) is 17.9 Å². The van der Waals surface area contributed by atoms with E-state index in [-0.39, 0.29) is 12.8 Å². The van der Waals surface area contributed by atoms with Crippen LogP contribution in [0.5, 0.6) is 5.75 Å². The molecule has 1 aliphatic rings. The summed E-state index contributed by atoms with van der Waals surface area (Å²) < 4.78 is 37.5. The van der Waals surface area contributed by atoms with Gasteiger partial charge in [0.1, 0.15) is 5.75 Å². The van der Waals surface area contributed by atoms with Crippen LogP contribution in [0.25, 0.3) is 0 Å². The van der Waals surface area contributed by atoms with Gasteiger partial charge in [-0.1, -0.05) is 17.7 Å². The summed E-state index contributed by atoms with van der Waals surface area (Å²) >= 11 is 6.18. The molecule has 0 fully saturated rings. The van der Waals surface area contributed by atoms with Gasteiger partial charge in [0.2, 0.25) is 0 Å². The Morgan fingerprint density at radius 2 is 2.00 bits per heavy atom. The lowest BCUT2D eigenvalue weighted by Crippen LogP contribution is -2.23. The Hall–Kier alpha value is -1.69. The highest BCUT2D eigenvalue weighted by atomic mass is 35.5. The molecule has 1 unspecified atom stereocenters. The summed E-state index contributed by atoms with van der Waals surface area (Å²) in [4.78, 5) is 2.03. The number of ether oxygens (including phenoxy) is 2. The van der Waals surface area contributed by atoms with Gasteiger partial charge in [-0.25, -0.2) is 8.78 Å². The first kappa shape index (κ1) is 17.1. The summed E-state index contributed by atoms with van der Waals surface area (Å²) in [5.74, 6) is -0.894. The van der Waals surface area contributed by atoms with E-state index >= 15 is 0 Å². The Kier molecular flexibility index (Phi) is 5.04. The first-order valence-electron chi connectivity index (χ1n) is 7.62. The molecule has 24 heavy (non-hydrogen) atoms. The predicted molar refractivity (Wildman–Crippen MR) is 88.0 cm³/mol. The normalized spacial score (nSPS) is 15.1. The van der Waals surface area contributed by atoms with E-state index in [0.29, 0.717) is 23.7 Å². The van der Waals surface area contributed by atoms with Crippen molar-refractivity contribution in [2.45, 2.75) is 26.1 Å². The van der Waals surface area contributed by atoms with Crippen molar-refractivity contribution in [3.63, 3.8) is 0 Å².